The third-order valence-electron chi connectivity index (χ3n) is 3.90. The first-order valence-corrected chi connectivity index (χ1v) is 7.51. The van der Waals surface area contributed by atoms with Gasteiger partial charge in [-0.3, -0.25) is 9.59 Å². The van der Waals surface area contributed by atoms with Crippen LogP contribution in [0.2, 0.25) is 0 Å². The van der Waals surface area contributed by atoms with E-state index >= 15 is 0 Å². The smallest absolute Gasteiger partial charge is 0.249 e. The van der Waals surface area contributed by atoms with Gasteiger partial charge in [0, 0.05) is 23.1 Å². The Hall–Kier alpha value is -1.40. The summed E-state index contributed by atoms with van der Waals surface area (Å²) < 4.78 is 0.872. The highest BCUT2D eigenvalue weighted by Gasteiger charge is 2.36. The number of fused-ring (bicyclic) bond motifs is 1. The van der Waals surface area contributed by atoms with Crippen LogP contribution in [-0.4, -0.2) is 36.3 Å². The molecule has 20 heavy (non-hydrogen) atoms. The molecule has 1 atom stereocenters. The second-order valence-electron chi connectivity index (χ2n) is 5.19. The van der Waals surface area contributed by atoms with E-state index in [1.807, 2.05) is 23.1 Å². The van der Waals surface area contributed by atoms with Crippen LogP contribution >= 0.6 is 15.9 Å². The van der Waals surface area contributed by atoms with Crippen molar-refractivity contribution in [1.29, 1.82) is 0 Å². The van der Waals surface area contributed by atoms with Crippen LogP contribution in [-0.2, 0) is 9.59 Å². The van der Waals surface area contributed by atoms with Crippen molar-refractivity contribution in [3.63, 3.8) is 0 Å². The number of likely N-dealkylation sites (tertiary alicyclic amines) is 1. The van der Waals surface area contributed by atoms with Gasteiger partial charge < -0.3 is 15.5 Å². The number of halogens is 1. The van der Waals surface area contributed by atoms with Crippen LogP contribution in [0.15, 0.2) is 22.7 Å². The van der Waals surface area contributed by atoms with Crippen molar-refractivity contribution in [2.24, 2.45) is 5.73 Å². The molecule has 2 aliphatic heterocycles. The van der Waals surface area contributed by atoms with E-state index in [9.17, 15) is 9.59 Å². The third kappa shape index (κ3) is 2.23. The molecule has 106 valence electrons. The minimum Gasteiger partial charge on any atom is -0.341 e. The molecule has 5 nitrogen and oxygen atoms in total. The zero-order valence-corrected chi connectivity index (χ0v) is 12.6. The highest BCUT2D eigenvalue weighted by Crippen LogP contribution is 2.36. The molecule has 1 aromatic rings. The Kier molecular flexibility index (Phi) is 3.52. The molecule has 2 N–H and O–H groups in total. The average Bonchev–Trinajstić information content (AvgIpc) is 3.03. The third-order valence-corrected chi connectivity index (χ3v) is 4.40. The van der Waals surface area contributed by atoms with Crippen molar-refractivity contribution in [3.05, 3.63) is 28.2 Å². The van der Waals surface area contributed by atoms with Crippen LogP contribution in [0.3, 0.4) is 0 Å². The summed E-state index contributed by atoms with van der Waals surface area (Å²) in [4.78, 5) is 27.8. The lowest BCUT2D eigenvalue weighted by Gasteiger charge is -2.21. The molecule has 6 heteroatoms. The molecular formula is C14H16BrN3O2. The van der Waals surface area contributed by atoms with Gasteiger partial charge in [0.25, 0.3) is 0 Å². The summed E-state index contributed by atoms with van der Waals surface area (Å²) in [5.74, 6) is -0.207. The molecule has 0 radical (unpaired) electrons. The van der Waals surface area contributed by atoms with E-state index in [2.05, 4.69) is 15.9 Å². The summed E-state index contributed by atoms with van der Waals surface area (Å²) in [6.07, 6.45) is 2.09. The average molecular weight is 338 g/mol. The molecule has 2 heterocycles. The molecule has 0 spiro atoms. The number of hydrogen-bond acceptors (Lipinski definition) is 3. The monoisotopic (exact) mass is 337 g/mol. The Morgan fingerprint density at radius 3 is 2.75 bits per heavy atom. The lowest BCUT2D eigenvalue weighted by molar-refractivity contribution is -0.130. The molecule has 0 bridgehead atoms. The quantitative estimate of drug-likeness (QED) is 0.887. The van der Waals surface area contributed by atoms with Crippen molar-refractivity contribution in [2.75, 3.05) is 24.5 Å². The molecule has 1 fully saturated rings. The van der Waals surface area contributed by atoms with Gasteiger partial charge in [-0.15, -0.1) is 0 Å². The number of rotatable bonds is 2. The van der Waals surface area contributed by atoms with Gasteiger partial charge in [-0.25, -0.2) is 0 Å². The fraction of sp³-hybridized carbons (Fsp3) is 0.429. The van der Waals surface area contributed by atoms with Crippen molar-refractivity contribution in [3.8, 4) is 0 Å². The van der Waals surface area contributed by atoms with Crippen LogP contribution in [0.25, 0.3) is 0 Å². The van der Waals surface area contributed by atoms with Gasteiger partial charge in [-0.2, -0.15) is 0 Å². The van der Waals surface area contributed by atoms with Gasteiger partial charge in [-0.05, 0) is 25.0 Å². The lowest BCUT2D eigenvalue weighted by atomic mass is 10.1. The standard InChI is InChI=1S/C14H16BrN3O2/c15-9-3-4-10-11(7-9)18(14(20)13(10)16)8-12(19)17-5-1-2-6-17/h3-4,7,13H,1-2,5-6,8,16H2. The highest BCUT2D eigenvalue weighted by atomic mass is 79.9. The van der Waals surface area contributed by atoms with Crippen LogP contribution in [0.5, 0.6) is 0 Å². The molecule has 1 aromatic carbocycles. The molecule has 1 unspecified atom stereocenters. The van der Waals surface area contributed by atoms with Gasteiger partial charge in [0.1, 0.15) is 12.6 Å². The molecule has 0 aliphatic carbocycles. The van der Waals surface area contributed by atoms with E-state index in [1.165, 1.54) is 4.90 Å². The summed E-state index contributed by atoms with van der Waals surface area (Å²) >= 11 is 3.39. The van der Waals surface area contributed by atoms with Crippen molar-refractivity contribution in [2.45, 2.75) is 18.9 Å². The highest BCUT2D eigenvalue weighted by molar-refractivity contribution is 9.10. The molecule has 3 rings (SSSR count). The minimum atomic E-state index is -0.663. The van der Waals surface area contributed by atoms with Crippen molar-refractivity contribution >= 4 is 33.4 Å². The topological polar surface area (TPSA) is 66.6 Å². The molecule has 0 saturated carbocycles. The number of anilines is 1. The summed E-state index contributed by atoms with van der Waals surface area (Å²) in [5, 5.41) is 0. The first-order valence-electron chi connectivity index (χ1n) is 6.72. The molecular weight excluding hydrogens is 322 g/mol. The van der Waals surface area contributed by atoms with E-state index in [0.717, 1.165) is 41.7 Å². The number of carbonyl (C=O) groups excluding carboxylic acids is 2. The van der Waals surface area contributed by atoms with E-state index in [0.29, 0.717) is 0 Å². The zero-order valence-electron chi connectivity index (χ0n) is 11.0. The largest absolute Gasteiger partial charge is 0.341 e. The van der Waals surface area contributed by atoms with Gasteiger partial charge in [0.2, 0.25) is 11.8 Å². The molecule has 0 aromatic heterocycles. The number of nitrogens with zero attached hydrogens (tertiary/aromatic N) is 2. The number of nitrogens with two attached hydrogens (primary N) is 1. The van der Waals surface area contributed by atoms with Crippen LogP contribution in [0, 0.1) is 0 Å². The normalized spacial score (nSPS) is 21.5. The second-order valence-corrected chi connectivity index (χ2v) is 6.11. The Balaban J connectivity index is 1.85. The molecule has 1 saturated heterocycles. The van der Waals surface area contributed by atoms with Gasteiger partial charge in [0.05, 0.1) is 5.69 Å². The Labute approximate surface area is 125 Å². The number of carbonyl (C=O) groups is 2. The maximum atomic E-state index is 12.2. The van der Waals surface area contributed by atoms with Gasteiger partial charge >= 0.3 is 0 Å². The van der Waals surface area contributed by atoms with E-state index in [4.69, 9.17) is 5.73 Å². The molecule has 2 amide bonds. The van der Waals surface area contributed by atoms with Gasteiger partial charge in [0.15, 0.2) is 0 Å². The zero-order chi connectivity index (χ0) is 14.3. The Morgan fingerprint density at radius 1 is 1.35 bits per heavy atom. The van der Waals surface area contributed by atoms with Crippen LogP contribution in [0.4, 0.5) is 5.69 Å². The van der Waals surface area contributed by atoms with Crippen LogP contribution in [0.1, 0.15) is 24.4 Å². The van der Waals surface area contributed by atoms with E-state index in [1.54, 1.807) is 0 Å². The summed E-state index contributed by atoms with van der Waals surface area (Å²) in [5.41, 5.74) is 7.45. The summed E-state index contributed by atoms with van der Waals surface area (Å²) in [6.45, 7) is 1.66. The second kappa shape index (κ2) is 5.18. The Bertz CT molecular complexity index is 570. The van der Waals surface area contributed by atoms with Crippen LogP contribution < -0.4 is 10.6 Å². The van der Waals surface area contributed by atoms with Gasteiger partial charge in [-0.1, -0.05) is 22.0 Å². The number of benzene rings is 1. The first-order chi connectivity index (χ1) is 9.58. The van der Waals surface area contributed by atoms with E-state index < -0.39 is 6.04 Å². The van der Waals surface area contributed by atoms with Crippen molar-refractivity contribution in [1.82, 2.24) is 4.90 Å². The summed E-state index contributed by atoms with van der Waals surface area (Å²) in [7, 11) is 0. The maximum absolute atomic E-state index is 12.2. The Morgan fingerprint density at radius 2 is 2.05 bits per heavy atom. The predicted octanol–water partition coefficient (Wildman–Crippen LogP) is 1.42. The fourth-order valence-electron chi connectivity index (χ4n) is 2.80. The lowest BCUT2D eigenvalue weighted by Crippen LogP contribution is -2.41. The fourth-order valence-corrected chi connectivity index (χ4v) is 3.15. The summed E-state index contributed by atoms with van der Waals surface area (Å²) in [6, 6.07) is 4.88. The molecule has 2 aliphatic rings. The van der Waals surface area contributed by atoms with Crippen molar-refractivity contribution < 1.29 is 9.59 Å². The number of hydrogen-bond donors (Lipinski definition) is 1. The van der Waals surface area contributed by atoms with E-state index in [-0.39, 0.29) is 18.4 Å². The maximum Gasteiger partial charge on any atom is 0.249 e. The predicted molar refractivity (Wildman–Crippen MR) is 79.2 cm³/mol. The minimum absolute atomic E-state index is 0.00382. The SMILES string of the molecule is NC1C(=O)N(CC(=O)N2CCCC2)c2cc(Br)ccc21. The first kappa shape index (κ1) is 13.6. The number of amides is 2.